The third-order valence-corrected chi connectivity index (χ3v) is 3.96. The van der Waals surface area contributed by atoms with Crippen molar-refractivity contribution < 1.29 is 9.21 Å². The van der Waals surface area contributed by atoms with Crippen molar-refractivity contribution in [2.75, 3.05) is 0 Å². The fraction of sp³-hybridized carbons (Fsp3) is 0.231. The lowest BCUT2D eigenvalue weighted by molar-refractivity contribution is -0.120. The van der Waals surface area contributed by atoms with Crippen LogP contribution in [0.5, 0.6) is 0 Å². The van der Waals surface area contributed by atoms with Crippen LogP contribution in [-0.4, -0.2) is 31.1 Å². The van der Waals surface area contributed by atoms with E-state index in [-0.39, 0.29) is 11.2 Å². The summed E-state index contributed by atoms with van der Waals surface area (Å²) in [5.74, 6) is 0.640. The van der Waals surface area contributed by atoms with Crippen molar-refractivity contribution in [3.63, 3.8) is 0 Å². The van der Waals surface area contributed by atoms with Crippen LogP contribution in [0, 0.1) is 0 Å². The van der Waals surface area contributed by atoms with E-state index in [2.05, 4.69) is 25.3 Å². The molecule has 0 aliphatic heterocycles. The second-order valence-electron chi connectivity index (χ2n) is 4.34. The predicted molar refractivity (Wildman–Crippen MR) is 77.6 cm³/mol. The normalized spacial score (nSPS) is 12.4. The van der Waals surface area contributed by atoms with Gasteiger partial charge in [0.2, 0.25) is 5.91 Å². The molecule has 3 aromatic rings. The van der Waals surface area contributed by atoms with Crippen molar-refractivity contribution in [3.05, 3.63) is 36.8 Å². The Hall–Kier alpha value is -2.35. The summed E-state index contributed by atoms with van der Waals surface area (Å²) >= 11 is 1.36. The summed E-state index contributed by atoms with van der Waals surface area (Å²) < 4.78 is 5.17. The lowest BCUT2D eigenvalue weighted by Gasteiger charge is -2.10. The SMILES string of the molecule is C[C@H](Sc1ncnc2nc[nH]c12)C(=O)NCc1ccco1. The fourth-order valence-corrected chi connectivity index (χ4v) is 2.69. The molecule has 2 N–H and O–H groups in total. The summed E-state index contributed by atoms with van der Waals surface area (Å²) in [5, 5.41) is 3.24. The topological polar surface area (TPSA) is 96.7 Å². The monoisotopic (exact) mass is 303 g/mol. The molecule has 0 unspecified atom stereocenters. The van der Waals surface area contributed by atoms with Crippen LogP contribution >= 0.6 is 11.8 Å². The number of fused-ring (bicyclic) bond motifs is 1. The molecule has 1 atom stereocenters. The number of nitrogens with zero attached hydrogens (tertiary/aromatic N) is 3. The van der Waals surface area contributed by atoms with Crippen LogP contribution in [0.4, 0.5) is 0 Å². The first-order valence-corrected chi connectivity index (χ1v) is 7.23. The molecule has 0 aromatic carbocycles. The Kier molecular flexibility index (Phi) is 3.87. The number of amides is 1. The van der Waals surface area contributed by atoms with E-state index in [0.29, 0.717) is 17.2 Å². The molecule has 8 heteroatoms. The lowest BCUT2D eigenvalue weighted by atomic mass is 10.4. The molecule has 3 heterocycles. The van der Waals surface area contributed by atoms with E-state index in [9.17, 15) is 4.79 Å². The number of aromatic nitrogens is 4. The van der Waals surface area contributed by atoms with Gasteiger partial charge in [-0.2, -0.15) is 0 Å². The quantitative estimate of drug-likeness (QED) is 0.550. The molecule has 0 fully saturated rings. The molecule has 0 aliphatic carbocycles. The molecular formula is C13H13N5O2S. The number of carbonyl (C=O) groups is 1. The van der Waals surface area contributed by atoms with Crippen molar-refractivity contribution in [1.29, 1.82) is 0 Å². The van der Waals surface area contributed by atoms with Crippen molar-refractivity contribution in [2.45, 2.75) is 23.7 Å². The van der Waals surface area contributed by atoms with Gasteiger partial charge in [-0.15, -0.1) is 0 Å². The zero-order valence-corrected chi connectivity index (χ0v) is 12.1. The maximum absolute atomic E-state index is 12.1. The molecular weight excluding hydrogens is 290 g/mol. The molecule has 7 nitrogen and oxygen atoms in total. The van der Waals surface area contributed by atoms with Crippen LogP contribution in [0.3, 0.4) is 0 Å². The summed E-state index contributed by atoms with van der Waals surface area (Å²) in [6.07, 6.45) is 4.58. The first kappa shape index (κ1) is 13.6. The summed E-state index contributed by atoms with van der Waals surface area (Å²) in [5.41, 5.74) is 1.34. The van der Waals surface area contributed by atoms with E-state index in [1.165, 1.54) is 18.1 Å². The Morgan fingerprint density at radius 3 is 3.19 bits per heavy atom. The highest BCUT2D eigenvalue weighted by Gasteiger charge is 2.17. The molecule has 1 amide bonds. The minimum atomic E-state index is -0.290. The van der Waals surface area contributed by atoms with Gasteiger partial charge in [0.25, 0.3) is 0 Å². The second kappa shape index (κ2) is 5.96. The average Bonchev–Trinajstić information content (AvgIpc) is 3.16. The maximum Gasteiger partial charge on any atom is 0.233 e. The Morgan fingerprint density at radius 2 is 2.38 bits per heavy atom. The number of H-pyrrole nitrogens is 1. The number of nitrogens with one attached hydrogen (secondary N) is 2. The van der Waals surface area contributed by atoms with Gasteiger partial charge in [0.1, 0.15) is 22.6 Å². The molecule has 0 saturated carbocycles. The number of furan rings is 1. The van der Waals surface area contributed by atoms with Crippen LogP contribution < -0.4 is 5.32 Å². The number of thioether (sulfide) groups is 1. The first-order chi connectivity index (χ1) is 10.2. The third kappa shape index (κ3) is 3.05. The Morgan fingerprint density at radius 1 is 1.48 bits per heavy atom. The fourth-order valence-electron chi connectivity index (χ4n) is 1.78. The summed E-state index contributed by atoms with van der Waals surface area (Å²) in [6, 6.07) is 3.60. The standard InChI is InChI=1S/C13H13N5O2S/c1-8(12(19)14-5-9-3-2-4-20-9)21-13-10-11(16-6-15-10)17-7-18-13/h2-4,6-8H,5H2,1H3,(H,14,19)(H,15,16,17,18)/t8-/m0/s1. The zero-order chi connectivity index (χ0) is 14.7. The lowest BCUT2D eigenvalue weighted by Crippen LogP contribution is -2.30. The highest BCUT2D eigenvalue weighted by atomic mass is 32.2. The van der Waals surface area contributed by atoms with Crippen LogP contribution in [0.2, 0.25) is 0 Å². The van der Waals surface area contributed by atoms with E-state index in [1.54, 1.807) is 18.7 Å². The third-order valence-electron chi connectivity index (χ3n) is 2.86. The number of carbonyl (C=O) groups excluding carboxylic acids is 1. The van der Waals surface area contributed by atoms with Gasteiger partial charge in [-0.05, 0) is 19.1 Å². The molecule has 3 rings (SSSR count). The largest absolute Gasteiger partial charge is 0.467 e. The zero-order valence-electron chi connectivity index (χ0n) is 11.2. The molecule has 0 radical (unpaired) electrons. The molecule has 21 heavy (non-hydrogen) atoms. The number of hydrogen-bond donors (Lipinski definition) is 2. The van der Waals surface area contributed by atoms with E-state index >= 15 is 0 Å². The Labute approximate surface area is 124 Å². The molecule has 3 aromatic heterocycles. The van der Waals surface area contributed by atoms with E-state index in [4.69, 9.17) is 4.42 Å². The van der Waals surface area contributed by atoms with Crippen LogP contribution in [-0.2, 0) is 11.3 Å². The first-order valence-electron chi connectivity index (χ1n) is 6.35. The van der Waals surface area contributed by atoms with Gasteiger partial charge in [0.15, 0.2) is 5.65 Å². The van der Waals surface area contributed by atoms with Crippen molar-refractivity contribution in [3.8, 4) is 0 Å². The summed E-state index contributed by atoms with van der Waals surface area (Å²) in [4.78, 5) is 27.4. The Balaban J connectivity index is 1.64. The van der Waals surface area contributed by atoms with E-state index < -0.39 is 0 Å². The van der Waals surface area contributed by atoms with Gasteiger partial charge in [-0.25, -0.2) is 15.0 Å². The number of rotatable bonds is 5. The minimum Gasteiger partial charge on any atom is -0.467 e. The molecule has 108 valence electrons. The van der Waals surface area contributed by atoms with Gasteiger partial charge in [-0.1, -0.05) is 11.8 Å². The number of aromatic amines is 1. The van der Waals surface area contributed by atoms with Crippen LogP contribution in [0.15, 0.2) is 40.5 Å². The second-order valence-corrected chi connectivity index (χ2v) is 5.67. The van der Waals surface area contributed by atoms with Crippen molar-refractivity contribution >= 4 is 28.8 Å². The number of hydrogen-bond acceptors (Lipinski definition) is 6. The molecule has 0 aliphatic rings. The maximum atomic E-state index is 12.1. The summed E-state index contributed by atoms with van der Waals surface area (Å²) in [7, 11) is 0. The van der Waals surface area contributed by atoms with Gasteiger partial charge in [0, 0.05) is 0 Å². The van der Waals surface area contributed by atoms with Gasteiger partial charge < -0.3 is 14.7 Å². The number of imidazole rings is 1. The summed E-state index contributed by atoms with van der Waals surface area (Å²) in [6.45, 7) is 2.20. The van der Waals surface area contributed by atoms with E-state index in [1.807, 2.05) is 13.0 Å². The van der Waals surface area contributed by atoms with Crippen molar-refractivity contribution in [1.82, 2.24) is 25.3 Å². The van der Waals surface area contributed by atoms with Gasteiger partial charge >= 0.3 is 0 Å². The average molecular weight is 303 g/mol. The van der Waals surface area contributed by atoms with Crippen LogP contribution in [0.1, 0.15) is 12.7 Å². The highest BCUT2D eigenvalue weighted by molar-refractivity contribution is 8.00. The van der Waals surface area contributed by atoms with Crippen LogP contribution in [0.25, 0.3) is 11.2 Å². The highest BCUT2D eigenvalue weighted by Crippen LogP contribution is 2.25. The van der Waals surface area contributed by atoms with Gasteiger partial charge in [-0.3, -0.25) is 4.79 Å². The van der Waals surface area contributed by atoms with Gasteiger partial charge in [0.05, 0.1) is 24.4 Å². The Bertz CT molecular complexity index is 740. The molecule has 0 saturated heterocycles. The predicted octanol–water partition coefficient (Wildman–Crippen LogP) is 1.74. The molecule has 0 bridgehead atoms. The smallest absolute Gasteiger partial charge is 0.233 e. The minimum absolute atomic E-state index is 0.0809. The molecule has 0 spiro atoms. The van der Waals surface area contributed by atoms with E-state index in [0.717, 1.165) is 11.3 Å². The van der Waals surface area contributed by atoms with Crippen molar-refractivity contribution in [2.24, 2.45) is 0 Å².